The van der Waals surface area contributed by atoms with Crippen LogP contribution in [0.15, 0.2) is 77.7 Å². The van der Waals surface area contributed by atoms with Crippen molar-refractivity contribution in [3.63, 3.8) is 0 Å². The summed E-state index contributed by atoms with van der Waals surface area (Å²) in [5.74, 6) is 0.713. The first-order chi connectivity index (χ1) is 17.5. The molecule has 1 aliphatic rings. The van der Waals surface area contributed by atoms with Crippen LogP contribution in [0.25, 0.3) is 0 Å². The van der Waals surface area contributed by atoms with Crippen LogP contribution in [0, 0.1) is 0 Å². The first-order valence-corrected chi connectivity index (χ1v) is 12.7. The van der Waals surface area contributed by atoms with E-state index in [2.05, 4.69) is 12.2 Å². The Balaban J connectivity index is 1.34. The van der Waals surface area contributed by atoms with E-state index in [-0.39, 0.29) is 24.1 Å². The summed E-state index contributed by atoms with van der Waals surface area (Å²) in [4.78, 5) is 40.2. The van der Waals surface area contributed by atoms with Crippen molar-refractivity contribution in [3.8, 4) is 11.5 Å². The summed E-state index contributed by atoms with van der Waals surface area (Å²) in [6, 6.07) is 21.1. The predicted octanol–water partition coefficient (Wildman–Crippen LogP) is 5.55. The molecule has 7 nitrogen and oxygen atoms in total. The smallest absolute Gasteiger partial charge is 0.255 e. The second-order valence-corrected chi connectivity index (χ2v) is 9.56. The van der Waals surface area contributed by atoms with E-state index in [1.807, 2.05) is 12.1 Å². The van der Waals surface area contributed by atoms with Gasteiger partial charge in [-0.05, 0) is 79.2 Å². The van der Waals surface area contributed by atoms with Gasteiger partial charge < -0.3 is 14.8 Å². The van der Waals surface area contributed by atoms with Crippen molar-refractivity contribution < 1.29 is 23.9 Å². The number of anilines is 2. The number of rotatable bonds is 10. The monoisotopic (exact) mass is 504 g/mol. The second kappa shape index (κ2) is 11.8. The zero-order valence-corrected chi connectivity index (χ0v) is 21.0. The lowest BCUT2D eigenvalue weighted by Crippen LogP contribution is -2.31. The molecule has 0 aromatic heterocycles. The van der Waals surface area contributed by atoms with Gasteiger partial charge in [-0.2, -0.15) is 0 Å². The molecule has 1 N–H and O–H groups in total. The predicted molar refractivity (Wildman–Crippen MR) is 141 cm³/mol. The third-order valence-corrected chi connectivity index (χ3v) is 6.91. The number of nitrogens with zero attached hydrogens (tertiary/aromatic N) is 1. The van der Waals surface area contributed by atoms with Gasteiger partial charge in [-0.25, -0.2) is 4.90 Å². The Kier molecular flexibility index (Phi) is 8.28. The number of unbranched alkanes of at least 4 members (excludes halogenated alkanes) is 1. The quantitative estimate of drug-likeness (QED) is 0.288. The number of carbonyl (C=O) groups is 3. The molecule has 0 spiro atoms. The summed E-state index contributed by atoms with van der Waals surface area (Å²) >= 11 is 1.34. The molecule has 0 saturated carbocycles. The number of thioether (sulfide) groups is 1. The molecule has 1 atom stereocenters. The standard InChI is InChI=1S/C28H28N2O5S/c1-3-4-17-35-23-13-9-21(10-14-23)30-26(31)18-25(28(30)33)36-24-15-7-20(8-16-24)29-27(32)19-5-11-22(34-2)12-6-19/h5-16,25H,3-4,17-18H2,1-2H3,(H,29,32). The molecule has 3 aromatic rings. The fourth-order valence-corrected chi connectivity index (χ4v) is 4.77. The van der Waals surface area contributed by atoms with Crippen molar-refractivity contribution in [2.24, 2.45) is 0 Å². The topological polar surface area (TPSA) is 84.9 Å². The molecule has 186 valence electrons. The van der Waals surface area contributed by atoms with E-state index in [1.54, 1.807) is 67.8 Å². The molecule has 3 aromatic carbocycles. The van der Waals surface area contributed by atoms with Crippen LogP contribution in [0.4, 0.5) is 11.4 Å². The van der Waals surface area contributed by atoms with Gasteiger partial charge in [-0.1, -0.05) is 13.3 Å². The molecule has 1 unspecified atom stereocenters. The first kappa shape index (κ1) is 25.3. The summed E-state index contributed by atoms with van der Waals surface area (Å²) < 4.78 is 10.8. The molecule has 0 bridgehead atoms. The summed E-state index contributed by atoms with van der Waals surface area (Å²) in [6.07, 6.45) is 2.16. The summed E-state index contributed by atoms with van der Waals surface area (Å²) in [5, 5.41) is 2.35. The number of hydrogen-bond acceptors (Lipinski definition) is 6. The molecule has 1 saturated heterocycles. The molecular weight excluding hydrogens is 476 g/mol. The Morgan fingerprint density at radius 3 is 2.28 bits per heavy atom. The fraction of sp³-hybridized carbons (Fsp3) is 0.250. The van der Waals surface area contributed by atoms with E-state index < -0.39 is 5.25 Å². The number of amides is 3. The highest BCUT2D eigenvalue weighted by Crippen LogP contribution is 2.35. The average Bonchev–Trinajstić information content (AvgIpc) is 3.18. The molecule has 3 amide bonds. The lowest BCUT2D eigenvalue weighted by Gasteiger charge is -2.16. The van der Waals surface area contributed by atoms with Gasteiger partial charge in [0.1, 0.15) is 11.5 Å². The van der Waals surface area contributed by atoms with Crippen molar-refractivity contribution >= 4 is 40.9 Å². The van der Waals surface area contributed by atoms with Crippen molar-refractivity contribution in [2.45, 2.75) is 36.3 Å². The van der Waals surface area contributed by atoms with Gasteiger partial charge in [0.2, 0.25) is 11.8 Å². The van der Waals surface area contributed by atoms with Crippen LogP contribution in [0.1, 0.15) is 36.5 Å². The van der Waals surface area contributed by atoms with Gasteiger partial charge in [0, 0.05) is 22.6 Å². The molecule has 0 aliphatic carbocycles. The van der Waals surface area contributed by atoms with Gasteiger partial charge in [-0.15, -0.1) is 11.8 Å². The number of nitrogens with one attached hydrogen (secondary N) is 1. The molecular formula is C28H28N2O5S. The zero-order chi connectivity index (χ0) is 25.5. The Hall–Kier alpha value is -3.78. The zero-order valence-electron chi connectivity index (χ0n) is 20.2. The van der Waals surface area contributed by atoms with Crippen molar-refractivity contribution in [3.05, 3.63) is 78.4 Å². The van der Waals surface area contributed by atoms with Crippen LogP contribution >= 0.6 is 11.8 Å². The van der Waals surface area contributed by atoms with E-state index in [0.717, 1.165) is 23.5 Å². The minimum atomic E-state index is -0.502. The number of benzene rings is 3. The molecule has 36 heavy (non-hydrogen) atoms. The Labute approximate surface area is 214 Å². The normalized spacial score (nSPS) is 15.2. The average molecular weight is 505 g/mol. The minimum absolute atomic E-state index is 0.133. The molecule has 0 radical (unpaired) electrons. The van der Waals surface area contributed by atoms with Crippen LogP contribution in [0.5, 0.6) is 11.5 Å². The maximum Gasteiger partial charge on any atom is 0.255 e. The highest BCUT2D eigenvalue weighted by atomic mass is 32.2. The number of hydrogen-bond donors (Lipinski definition) is 1. The molecule has 4 rings (SSSR count). The van der Waals surface area contributed by atoms with E-state index in [4.69, 9.17) is 9.47 Å². The van der Waals surface area contributed by atoms with Crippen LogP contribution < -0.4 is 19.7 Å². The highest BCUT2D eigenvalue weighted by molar-refractivity contribution is 8.00. The van der Waals surface area contributed by atoms with Gasteiger partial charge in [0.05, 0.1) is 24.7 Å². The summed E-state index contributed by atoms with van der Waals surface area (Å²) in [5.41, 5.74) is 1.70. The van der Waals surface area contributed by atoms with Crippen molar-refractivity contribution in [2.75, 3.05) is 23.9 Å². The van der Waals surface area contributed by atoms with Crippen molar-refractivity contribution in [1.82, 2.24) is 0 Å². The summed E-state index contributed by atoms with van der Waals surface area (Å²) in [7, 11) is 1.57. The SMILES string of the molecule is CCCCOc1ccc(N2C(=O)CC(Sc3ccc(NC(=O)c4ccc(OC)cc4)cc3)C2=O)cc1. The Morgan fingerprint density at radius 1 is 0.972 bits per heavy atom. The third-order valence-electron chi connectivity index (χ3n) is 5.71. The Bertz CT molecular complexity index is 1210. The van der Waals surface area contributed by atoms with Gasteiger partial charge in [0.15, 0.2) is 0 Å². The molecule has 1 fully saturated rings. The number of methoxy groups -OCH3 is 1. The second-order valence-electron chi connectivity index (χ2n) is 8.28. The van der Waals surface area contributed by atoms with Gasteiger partial charge in [0.25, 0.3) is 5.91 Å². The number of imide groups is 1. The van der Waals surface area contributed by atoms with E-state index in [1.165, 1.54) is 16.7 Å². The maximum atomic E-state index is 13.0. The number of ether oxygens (including phenoxy) is 2. The molecule has 1 heterocycles. The third kappa shape index (κ3) is 6.07. The van der Waals surface area contributed by atoms with Crippen LogP contribution in [0.3, 0.4) is 0 Å². The van der Waals surface area contributed by atoms with Gasteiger partial charge >= 0.3 is 0 Å². The Morgan fingerprint density at radius 2 is 1.64 bits per heavy atom. The van der Waals surface area contributed by atoms with Crippen LogP contribution in [0.2, 0.25) is 0 Å². The van der Waals surface area contributed by atoms with Gasteiger partial charge in [-0.3, -0.25) is 14.4 Å². The lowest BCUT2D eigenvalue weighted by atomic mass is 10.2. The first-order valence-electron chi connectivity index (χ1n) is 11.8. The van der Waals surface area contributed by atoms with Crippen LogP contribution in [-0.4, -0.2) is 36.7 Å². The minimum Gasteiger partial charge on any atom is -0.497 e. The van der Waals surface area contributed by atoms with Crippen molar-refractivity contribution in [1.29, 1.82) is 0 Å². The highest BCUT2D eigenvalue weighted by Gasteiger charge is 2.40. The fourth-order valence-electron chi connectivity index (χ4n) is 3.72. The molecule has 1 aliphatic heterocycles. The largest absolute Gasteiger partial charge is 0.497 e. The maximum absolute atomic E-state index is 13.0. The van der Waals surface area contributed by atoms with E-state index in [0.29, 0.717) is 29.3 Å². The van der Waals surface area contributed by atoms with Crippen LogP contribution in [-0.2, 0) is 9.59 Å². The van der Waals surface area contributed by atoms with E-state index >= 15 is 0 Å². The lowest BCUT2D eigenvalue weighted by molar-refractivity contribution is -0.121. The molecule has 8 heteroatoms. The summed E-state index contributed by atoms with van der Waals surface area (Å²) in [6.45, 7) is 2.74. The number of carbonyl (C=O) groups excluding carboxylic acids is 3. The van der Waals surface area contributed by atoms with E-state index in [9.17, 15) is 14.4 Å².